The van der Waals surface area contributed by atoms with E-state index in [1.54, 1.807) is 5.06 Å². The number of rotatable bonds is 10. The van der Waals surface area contributed by atoms with Crippen LogP contribution < -0.4 is 4.74 Å². The zero-order valence-corrected chi connectivity index (χ0v) is 18.9. The van der Waals surface area contributed by atoms with E-state index in [2.05, 4.69) is 0 Å². The van der Waals surface area contributed by atoms with Gasteiger partial charge in [0.1, 0.15) is 18.3 Å². The Morgan fingerprint density at radius 2 is 1.62 bits per heavy atom. The predicted octanol–water partition coefficient (Wildman–Crippen LogP) is 3.55. The van der Waals surface area contributed by atoms with E-state index >= 15 is 0 Å². The highest BCUT2D eigenvalue weighted by Crippen LogP contribution is 2.32. The molecule has 2 aromatic rings. The van der Waals surface area contributed by atoms with Crippen LogP contribution in [0.5, 0.6) is 5.75 Å². The van der Waals surface area contributed by atoms with Crippen LogP contribution in [0.1, 0.15) is 30.9 Å². The molecule has 1 aliphatic rings. The van der Waals surface area contributed by atoms with Gasteiger partial charge >= 0.3 is 11.9 Å². The Balaban J connectivity index is 1.61. The van der Waals surface area contributed by atoms with Gasteiger partial charge < -0.3 is 14.2 Å². The highest BCUT2D eigenvalue weighted by Gasteiger charge is 2.51. The van der Waals surface area contributed by atoms with Crippen molar-refractivity contribution >= 4 is 11.9 Å². The second-order valence-corrected chi connectivity index (χ2v) is 7.76. The van der Waals surface area contributed by atoms with Gasteiger partial charge in [0.05, 0.1) is 20.3 Å². The lowest BCUT2D eigenvalue weighted by Gasteiger charge is -2.24. The van der Waals surface area contributed by atoms with E-state index in [-0.39, 0.29) is 6.04 Å². The molecule has 0 aromatic heterocycles. The topological polar surface area (TPSA) is 74.3 Å². The number of esters is 2. The Kier molecular flexibility index (Phi) is 8.64. The number of ether oxygens (including phenoxy) is 3. The summed E-state index contributed by atoms with van der Waals surface area (Å²) >= 11 is 0. The van der Waals surface area contributed by atoms with Crippen molar-refractivity contribution in [3.05, 3.63) is 65.7 Å². The molecule has 0 radical (unpaired) electrons. The average Bonchev–Trinajstić information content (AvgIpc) is 3.20. The fourth-order valence-corrected chi connectivity index (χ4v) is 3.96. The number of benzene rings is 2. The third kappa shape index (κ3) is 5.87. The van der Waals surface area contributed by atoms with Crippen LogP contribution in [0.2, 0.25) is 0 Å². The molecule has 0 bridgehead atoms. The summed E-state index contributed by atoms with van der Waals surface area (Å²) in [5, 5.41) is 1.74. The normalized spacial score (nSPS) is 20.7. The Labute approximate surface area is 189 Å². The van der Waals surface area contributed by atoms with E-state index in [9.17, 15) is 9.59 Å². The summed E-state index contributed by atoms with van der Waals surface area (Å²) < 4.78 is 15.6. The minimum absolute atomic E-state index is 0.245. The first-order chi connectivity index (χ1) is 15.6. The van der Waals surface area contributed by atoms with Gasteiger partial charge in [0, 0.05) is 6.54 Å². The van der Waals surface area contributed by atoms with E-state index in [0.717, 1.165) is 23.3 Å². The largest absolute Gasteiger partial charge is 0.489 e. The number of nitrogens with zero attached hydrogens (tertiary/aromatic N) is 1. The van der Waals surface area contributed by atoms with Gasteiger partial charge in [-0.15, -0.1) is 0 Å². The second-order valence-electron chi connectivity index (χ2n) is 7.76. The monoisotopic (exact) mass is 441 g/mol. The van der Waals surface area contributed by atoms with Crippen LogP contribution >= 0.6 is 0 Å². The van der Waals surface area contributed by atoms with Crippen LogP contribution in [-0.4, -0.2) is 49.9 Å². The van der Waals surface area contributed by atoms with E-state index < -0.39 is 24.0 Å². The molecule has 32 heavy (non-hydrogen) atoms. The van der Waals surface area contributed by atoms with Crippen molar-refractivity contribution in [1.29, 1.82) is 0 Å². The first kappa shape index (κ1) is 23.8. The quantitative estimate of drug-likeness (QED) is 0.522. The maximum absolute atomic E-state index is 12.4. The van der Waals surface area contributed by atoms with E-state index in [1.165, 1.54) is 14.2 Å². The molecular formula is C25H31NO6. The molecule has 1 aliphatic heterocycles. The number of carbonyl (C=O) groups is 2. The summed E-state index contributed by atoms with van der Waals surface area (Å²) in [4.78, 5) is 30.5. The maximum atomic E-state index is 12.4. The third-order valence-electron chi connectivity index (χ3n) is 5.64. The van der Waals surface area contributed by atoms with E-state index in [1.807, 2.05) is 61.5 Å². The first-order valence-corrected chi connectivity index (χ1v) is 10.9. The van der Waals surface area contributed by atoms with Crippen LogP contribution in [0, 0.1) is 5.92 Å². The minimum Gasteiger partial charge on any atom is -0.489 e. The number of carbonyl (C=O) groups excluding carboxylic acids is 2. The summed E-state index contributed by atoms with van der Waals surface area (Å²) in [6, 6.07) is 17.7. The molecule has 1 fully saturated rings. The fourth-order valence-electron chi connectivity index (χ4n) is 3.96. The summed E-state index contributed by atoms with van der Waals surface area (Å²) in [5.74, 6) is -0.929. The highest BCUT2D eigenvalue weighted by atomic mass is 16.7. The molecule has 1 saturated heterocycles. The zero-order chi connectivity index (χ0) is 22.9. The molecule has 7 nitrogen and oxygen atoms in total. The van der Waals surface area contributed by atoms with Crippen LogP contribution in [0.3, 0.4) is 0 Å². The Morgan fingerprint density at radius 3 is 2.25 bits per heavy atom. The molecule has 3 atom stereocenters. The van der Waals surface area contributed by atoms with Crippen molar-refractivity contribution in [2.45, 2.75) is 44.9 Å². The van der Waals surface area contributed by atoms with Crippen molar-refractivity contribution in [3.63, 3.8) is 0 Å². The van der Waals surface area contributed by atoms with Gasteiger partial charge in [0.2, 0.25) is 0 Å². The van der Waals surface area contributed by atoms with Crippen LogP contribution in [-0.2, 0) is 36.9 Å². The lowest BCUT2D eigenvalue weighted by atomic mass is 9.91. The summed E-state index contributed by atoms with van der Waals surface area (Å²) in [5.41, 5.74) is 2.22. The van der Waals surface area contributed by atoms with Crippen LogP contribution in [0.4, 0.5) is 0 Å². The van der Waals surface area contributed by atoms with E-state index in [4.69, 9.17) is 19.0 Å². The average molecular weight is 442 g/mol. The van der Waals surface area contributed by atoms with E-state index in [0.29, 0.717) is 26.0 Å². The number of hydrogen-bond acceptors (Lipinski definition) is 7. The summed E-state index contributed by atoms with van der Waals surface area (Å²) in [6.45, 7) is 3.09. The smallest absolute Gasteiger partial charge is 0.338 e. The summed E-state index contributed by atoms with van der Waals surface area (Å²) in [6.07, 6.45) is 1.26. The standard InChI is InChI=1S/C25H31NO6/c1-4-8-21-22(24(27)29-2)23(25(28)30-3)32-26(21)16-15-18-11-13-20(14-12-18)31-17-19-9-6-5-7-10-19/h5-7,9-14,21-23H,4,8,15-17H2,1-3H3/t21-,22-,23+/m0/s1. The predicted molar refractivity (Wildman–Crippen MR) is 119 cm³/mol. The van der Waals surface area contributed by atoms with Crippen molar-refractivity contribution < 1.29 is 28.6 Å². The molecule has 0 unspecified atom stereocenters. The van der Waals surface area contributed by atoms with Gasteiger partial charge in [-0.2, -0.15) is 5.06 Å². The molecule has 7 heteroatoms. The number of hydrogen-bond donors (Lipinski definition) is 0. The molecule has 1 heterocycles. The number of methoxy groups -OCH3 is 2. The van der Waals surface area contributed by atoms with Gasteiger partial charge in [0.15, 0.2) is 6.10 Å². The van der Waals surface area contributed by atoms with Gasteiger partial charge in [-0.05, 0) is 36.1 Å². The van der Waals surface area contributed by atoms with Crippen molar-refractivity contribution in [2.75, 3.05) is 20.8 Å². The molecule has 2 aromatic carbocycles. The van der Waals surface area contributed by atoms with Gasteiger partial charge in [-0.1, -0.05) is 55.8 Å². The van der Waals surface area contributed by atoms with Crippen molar-refractivity contribution in [1.82, 2.24) is 5.06 Å². The molecule has 172 valence electrons. The van der Waals surface area contributed by atoms with Gasteiger partial charge in [0.25, 0.3) is 0 Å². The first-order valence-electron chi connectivity index (χ1n) is 10.9. The van der Waals surface area contributed by atoms with Crippen LogP contribution in [0.15, 0.2) is 54.6 Å². The van der Waals surface area contributed by atoms with Crippen molar-refractivity contribution in [2.24, 2.45) is 5.92 Å². The highest BCUT2D eigenvalue weighted by molar-refractivity contribution is 5.84. The Hall–Kier alpha value is -2.90. The third-order valence-corrected chi connectivity index (χ3v) is 5.64. The summed E-state index contributed by atoms with van der Waals surface area (Å²) in [7, 11) is 2.61. The number of hydroxylamine groups is 2. The molecule has 0 aliphatic carbocycles. The molecule has 0 N–H and O–H groups in total. The zero-order valence-electron chi connectivity index (χ0n) is 18.9. The lowest BCUT2D eigenvalue weighted by Crippen LogP contribution is -2.39. The van der Waals surface area contributed by atoms with Gasteiger partial charge in [-0.25, -0.2) is 4.79 Å². The molecular weight excluding hydrogens is 410 g/mol. The fraction of sp³-hybridized carbons (Fsp3) is 0.440. The molecule has 0 amide bonds. The second kappa shape index (κ2) is 11.6. The molecule has 0 spiro atoms. The molecule has 0 saturated carbocycles. The van der Waals surface area contributed by atoms with Crippen molar-refractivity contribution in [3.8, 4) is 5.75 Å². The minimum atomic E-state index is -0.988. The Bertz CT molecular complexity index is 870. The molecule has 3 rings (SSSR count). The maximum Gasteiger partial charge on any atom is 0.338 e. The SMILES string of the molecule is CCC[C@H]1[C@H](C(=O)OC)[C@H](C(=O)OC)ON1CCc1ccc(OCc2ccccc2)cc1. The lowest BCUT2D eigenvalue weighted by molar-refractivity contribution is -0.189. The Morgan fingerprint density at radius 1 is 0.938 bits per heavy atom. The van der Waals surface area contributed by atoms with Gasteiger partial charge in [-0.3, -0.25) is 9.63 Å². The van der Waals surface area contributed by atoms with Crippen LogP contribution in [0.25, 0.3) is 0 Å².